The number of nitrogens with one attached hydrogen (secondary N) is 2. The number of esters is 1. The molecular weight excluding hydrogens is 384 g/mol. The number of para-hydroxylation sites is 2. The van der Waals surface area contributed by atoms with Crippen LogP contribution in [0, 0.1) is 6.92 Å². The minimum absolute atomic E-state index is 0.312. The Balaban J connectivity index is 1.56. The quantitative estimate of drug-likeness (QED) is 0.748. The lowest BCUT2D eigenvalue weighted by atomic mass is 10.1. The predicted molar refractivity (Wildman–Crippen MR) is 104 cm³/mol. The van der Waals surface area contributed by atoms with Crippen molar-refractivity contribution in [3.63, 3.8) is 0 Å². The van der Waals surface area contributed by atoms with E-state index in [9.17, 15) is 14.4 Å². The molecule has 1 aliphatic heterocycles. The minimum atomic E-state index is -1.05. The van der Waals surface area contributed by atoms with E-state index in [1.165, 1.54) is 6.92 Å². The molecule has 0 spiro atoms. The second kappa shape index (κ2) is 8.31. The van der Waals surface area contributed by atoms with Crippen LogP contribution in [0.3, 0.4) is 0 Å². The first-order valence-corrected chi connectivity index (χ1v) is 9.05. The van der Waals surface area contributed by atoms with Crippen molar-refractivity contribution in [3.8, 4) is 5.75 Å². The van der Waals surface area contributed by atoms with Crippen LogP contribution in [0.4, 0.5) is 11.4 Å². The maximum absolute atomic E-state index is 12.3. The summed E-state index contributed by atoms with van der Waals surface area (Å²) in [5.41, 5.74) is 1.79. The van der Waals surface area contributed by atoms with Gasteiger partial charge in [-0.1, -0.05) is 29.8 Å². The van der Waals surface area contributed by atoms with Crippen LogP contribution in [0.1, 0.15) is 18.9 Å². The zero-order chi connectivity index (χ0) is 20.3. The third kappa shape index (κ3) is 4.43. The molecular formula is C20H19ClN2O5. The van der Waals surface area contributed by atoms with Gasteiger partial charge in [-0.2, -0.15) is 0 Å². The standard InChI is InChI=1S/C20H19ClN2O5/c1-11-13(21)6-5-8-14(11)22-19(25)12(2)27-18(24)10-17-20(26)23-15-7-3-4-9-16(15)28-17/h3-9,12,17H,10H2,1-2H3,(H,22,25)(H,23,26)/t12-,17-/m0/s1. The number of rotatable bonds is 5. The SMILES string of the molecule is Cc1c(Cl)cccc1NC(=O)[C@H](C)OC(=O)C[C@@H]1Oc2ccccc2NC1=O. The van der Waals surface area contributed by atoms with Crippen LogP contribution in [0.2, 0.25) is 5.02 Å². The normalized spacial score (nSPS) is 16.2. The number of benzene rings is 2. The summed E-state index contributed by atoms with van der Waals surface area (Å²) in [6.07, 6.45) is -2.38. The molecule has 0 radical (unpaired) electrons. The number of fused-ring (bicyclic) bond motifs is 1. The summed E-state index contributed by atoms with van der Waals surface area (Å²) in [6, 6.07) is 12.0. The first-order chi connectivity index (χ1) is 13.3. The van der Waals surface area contributed by atoms with Crippen molar-refractivity contribution < 1.29 is 23.9 Å². The maximum Gasteiger partial charge on any atom is 0.310 e. The summed E-state index contributed by atoms with van der Waals surface area (Å²) in [5, 5.41) is 5.86. The second-order valence-electron chi connectivity index (χ2n) is 6.33. The van der Waals surface area contributed by atoms with Gasteiger partial charge in [-0.05, 0) is 43.7 Å². The van der Waals surface area contributed by atoms with Gasteiger partial charge in [0.25, 0.3) is 11.8 Å². The Morgan fingerprint density at radius 1 is 1.25 bits per heavy atom. The molecule has 2 aromatic carbocycles. The highest BCUT2D eigenvalue weighted by Gasteiger charge is 2.31. The number of hydrogen-bond acceptors (Lipinski definition) is 5. The number of halogens is 1. The van der Waals surface area contributed by atoms with Crippen molar-refractivity contribution in [3.05, 3.63) is 53.1 Å². The van der Waals surface area contributed by atoms with Crippen LogP contribution in [0.25, 0.3) is 0 Å². The van der Waals surface area contributed by atoms with Gasteiger partial charge in [-0.3, -0.25) is 14.4 Å². The molecule has 0 aliphatic carbocycles. The van der Waals surface area contributed by atoms with Gasteiger partial charge in [0.15, 0.2) is 12.2 Å². The van der Waals surface area contributed by atoms with Gasteiger partial charge in [-0.15, -0.1) is 0 Å². The zero-order valence-corrected chi connectivity index (χ0v) is 16.1. The molecule has 0 unspecified atom stereocenters. The predicted octanol–water partition coefficient (Wildman–Crippen LogP) is 3.31. The van der Waals surface area contributed by atoms with Crippen molar-refractivity contribution in [2.24, 2.45) is 0 Å². The summed E-state index contributed by atoms with van der Waals surface area (Å²) >= 11 is 6.03. The average Bonchev–Trinajstić information content (AvgIpc) is 2.66. The Morgan fingerprint density at radius 3 is 2.79 bits per heavy atom. The molecule has 0 fully saturated rings. The molecule has 2 aromatic rings. The Labute approximate surface area is 167 Å². The number of hydrogen-bond donors (Lipinski definition) is 2. The smallest absolute Gasteiger partial charge is 0.310 e. The van der Waals surface area contributed by atoms with Crippen LogP contribution in [0.5, 0.6) is 5.75 Å². The molecule has 8 heteroatoms. The van der Waals surface area contributed by atoms with Crippen molar-refractivity contribution in [2.75, 3.05) is 10.6 Å². The average molecular weight is 403 g/mol. The topological polar surface area (TPSA) is 93.7 Å². The van der Waals surface area contributed by atoms with E-state index in [4.69, 9.17) is 21.1 Å². The Kier molecular flexibility index (Phi) is 5.84. The molecule has 3 rings (SSSR count). The molecule has 1 heterocycles. The number of ether oxygens (including phenoxy) is 2. The van der Waals surface area contributed by atoms with Crippen molar-refractivity contribution >= 4 is 40.8 Å². The molecule has 7 nitrogen and oxygen atoms in total. The van der Waals surface area contributed by atoms with E-state index in [-0.39, 0.29) is 6.42 Å². The Morgan fingerprint density at radius 2 is 2.00 bits per heavy atom. The minimum Gasteiger partial charge on any atom is -0.478 e. The van der Waals surface area contributed by atoms with E-state index in [0.29, 0.717) is 27.7 Å². The van der Waals surface area contributed by atoms with Gasteiger partial charge in [0.05, 0.1) is 12.1 Å². The third-order valence-electron chi connectivity index (χ3n) is 4.26. The van der Waals surface area contributed by atoms with E-state index in [1.807, 2.05) is 0 Å². The largest absolute Gasteiger partial charge is 0.478 e. The van der Waals surface area contributed by atoms with Crippen LogP contribution >= 0.6 is 11.6 Å². The maximum atomic E-state index is 12.3. The molecule has 0 saturated heterocycles. The molecule has 2 amide bonds. The highest BCUT2D eigenvalue weighted by Crippen LogP contribution is 2.29. The first kappa shape index (κ1) is 19.7. The molecule has 1 aliphatic rings. The van der Waals surface area contributed by atoms with Crippen LogP contribution in [0.15, 0.2) is 42.5 Å². The number of carbonyl (C=O) groups is 3. The fraction of sp³-hybridized carbons (Fsp3) is 0.250. The van der Waals surface area contributed by atoms with E-state index in [2.05, 4.69) is 10.6 Å². The van der Waals surface area contributed by atoms with Gasteiger partial charge in [-0.25, -0.2) is 0 Å². The van der Waals surface area contributed by atoms with Crippen molar-refractivity contribution in [2.45, 2.75) is 32.5 Å². The molecule has 0 saturated carbocycles. The number of carbonyl (C=O) groups excluding carboxylic acids is 3. The van der Waals surface area contributed by atoms with Crippen molar-refractivity contribution in [1.29, 1.82) is 0 Å². The zero-order valence-electron chi connectivity index (χ0n) is 15.3. The van der Waals surface area contributed by atoms with E-state index in [0.717, 1.165) is 0 Å². The second-order valence-corrected chi connectivity index (χ2v) is 6.74. The highest BCUT2D eigenvalue weighted by atomic mass is 35.5. The summed E-state index contributed by atoms with van der Waals surface area (Å²) in [4.78, 5) is 36.6. The number of amides is 2. The number of anilines is 2. The Hall–Kier alpha value is -3.06. The van der Waals surface area contributed by atoms with Crippen molar-refractivity contribution in [1.82, 2.24) is 0 Å². The van der Waals surface area contributed by atoms with E-state index in [1.54, 1.807) is 49.4 Å². The van der Waals surface area contributed by atoms with E-state index < -0.39 is 30.0 Å². The van der Waals surface area contributed by atoms with Crippen LogP contribution in [-0.2, 0) is 19.1 Å². The fourth-order valence-electron chi connectivity index (χ4n) is 2.65. The Bertz CT molecular complexity index is 931. The molecule has 0 bridgehead atoms. The molecule has 0 aromatic heterocycles. The lowest BCUT2D eigenvalue weighted by Crippen LogP contribution is -2.40. The molecule has 2 N–H and O–H groups in total. The third-order valence-corrected chi connectivity index (χ3v) is 4.67. The molecule has 2 atom stereocenters. The summed E-state index contributed by atoms with van der Waals surface area (Å²) < 4.78 is 10.7. The summed E-state index contributed by atoms with van der Waals surface area (Å²) in [7, 11) is 0. The summed E-state index contributed by atoms with van der Waals surface area (Å²) in [6.45, 7) is 3.22. The summed E-state index contributed by atoms with van der Waals surface area (Å²) in [5.74, 6) is -1.19. The van der Waals surface area contributed by atoms with Gasteiger partial charge >= 0.3 is 5.97 Å². The highest BCUT2D eigenvalue weighted by molar-refractivity contribution is 6.31. The van der Waals surface area contributed by atoms with Gasteiger partial charge in [0.2, 0.25) is 0 Å². The van der Waals surface area contributed by atoms with Gasteiger partial charge in [0.1, 0.15) is 5.75 Å². The molecule has 28 heavy (non-hydrogen) atoms. The van der Waals surface area contributed by atoms with Crippen LogP contribution in [-0.4, -0.2) is 30.0 Å². The lowest BCUT2D eigenvalue weighted by Gasteiger charge is -2.25. The lowest BCUT2D eigenvalue weighted by molar-refractivity contribution is -0.155. The van der Waals surface area contributed by atoms with Gasteiger partial charge < -0.3 is 20.1 Å². The first-order valence-electron chi connectivity index (χ1n) is 8.67. The van der Waals surface area contributed by atoms with Gasteiger partial charge in [0, 0.05) is 10.7 Å². The van der Waals surface area contributed by atoms with Crippen LogP contribution < -0.4 is 15.4 Å². The fourth-order valence-corrected chi connectivity index (χ4v) is 2.83. The molecule has 146 valence electrons. The monoisotopic (exact) mass is 402 g/mol. The van der Waals surface area contributed by atoms with E-state index >= 15 is 0 Å².